The molecule has 0 spiro atoms. The van der Waals surface area contributed by atoms with Crippen LogP contribution in [-0.2, 0) is 0 Å². The third-order valence-corrected chi connectivity index (χ3v) is 4.63. The lowest BCUT2D eigenvalue weighted by atomic mass is 10.1. The minimum Gasteiger partial charge on any atom is -0.502 e. The first-order valence-electron chi connectivity index (χ1n) is 8.92. The van der Waals surface area contributed by atoms with E-state index in [9.17, 15) is 24.8 Å². The predicted molar refractivity (Wildman–Crippen MR) is 121 cm³/mol. The zero-order valence-corrected chi connectivity index (χ0v) is 17.6. The number of carbonyl (C=O) groups excluding carboxylic acids is 2. The third kappa shape index (κ3) is 5.60. The van der Waals surface area contributed by atoms with Crippen molar-refractivity contribution in [2.45, 2.75) is 0 Å². The molecule has 0 saturated carbocycles. The summed E-state index contributed by atoms with van der Waals surface area (Å²) in [6.07, 6.45) is 1.03. The Morgan fingerprint density at radius 3 is 2.16 bits per heavy atom. The Balaban J connectivity index is 1.63. The van der Waals surface area contributed by atoms with Crippen LogP contribution in [-0.4, -0.2) is 28.1 Å². The van der Waals surface area contributed by atoms with Crippen LogP contribution in [0.1, 0.15) is 26.3 Å². The maximum absolute atomic E-state index is 12.2. The smallest absolute Gasteiger partial charge is 0.312 e. The summed E-state index contributed by atoms with van der Waals surface area (Å²) in [6.45, 7) is 0. The van der Waals surface area contributed by atoms with Gasteiger partial charge in [-0.1, -0.05) is 23.2 Å². The second-order valence-corrected chi connectivity index (χ2v) is 7.23. The largest absolute Gasteiger partial charge is 0.502 e. The van der Waals surface area contributed by atoms with Gasteiger partial charge in [0, 0.05) is 38.5 Å². The van der Waals surface area contributed by atoms with E-state index < -0.39 is 22.3 Å². The van der Waals surface area contributed by atoms with Gasteiger partial charge in [-0.15, -0.1) is 0 Å². The summed E-state index contributed by atoms with van der Waals surface area (Å²) in [6, 6.07) is 14.7. The van der Waals surface area contributed by atoms with E-state index in [0.717, 1.165) is 12.3 Å². The molecular weight excluding hydrogens is 459 g/mol. The Morgan fingerprint density at radius 1 is 0.938 bits per heavy atom. The molecule has 3 N–H and O–H groups in total. The van der Waals surface area contributed by atoms with Gasteiger partial charge < -0.3 is 10.4 Å². The minimum absolute atomic E-state index is 0.0264. The molecule has 0 heterocycles. The molecule has 0 fully saturated rings. The molecule has 0 aliphatic heterocycles. The molecule has 0 aliphatic carbocycles. The van der Waals surface area contributed by atoms with E-state index in [1.165, 1.54) is 18.2 Å². The number of hydrogen-bond acceptors (Lipinski definition) is 6. The van der Waals surface area contributed by atoms with Crippen molar-refractivity contribution in [3.05, 3.63) is 97.5 Å². The van der Waals surface area contributed by atoms with Crippen LogP contribution < -0.4 is 10.7 Å². The highest BCUT2D eigenvalue weighted by Crippen LogP contribution is 2.32. The average molecular weight is 473 g/mol. The van der Waals surface area contributed by atoms with Crippen LogP contribution >= 0.6 is 23.2 Å². The van der Waals surface area contributed by atoms with Crippen molar-refractivity contribution in [1.29, 1.82) is 0 Å². The monoisotopic (exact) mass is 472 g/mol. The SMILES string of the molecule is O=C(NN=Cc1cc(Cl)cc([N+](=O)[O-])c1O)c1ccc(NC(=O)c2ccc(Cl)cc2)cc1. The lowest BCUT2D eigenvalue weighted by molar-refractivity contribution is -0.385. The number of phenols is 1. The van der Waals surface area contributed by atoms with Crippen molar-refractivity contribution in [1.82, 2.24) is 5.43 Å². The number of phenolic OH excluding ortho intramolecular Hbond substituents is 1. The molecule has 11 heteroatoms. The lowest BCUT2D eigenvalue weighted by Gasteiger charge is -2.06. The van der Waals surface area contributed by atoms with Crippen LogP contribution in [0.4, 0.5) is 11.4 Å². The fourth-order valence-corrected chi connectivity index (χ4v) is 2.92. The maximum Gasteiger partial charge on any atom is 0.312 e. The first-order valence-corrected chi connectivity index (χ1v) is 9.67. The number of nitro benzene ring substituents is 1. The van der Waals surface area contributed by atoms with Gasteiger partial charge in [0.25, 0.3) is 11.8 Å². The van der Waals surface area contributed by atoms with E-state index in [1.54, 1.807) is 36.4 Å². The first kappa shape index (κ1) is 22.7. The van der Waals surface area contributed by atoms with E-state index in [1.807, 2.05) is 0 Å². The van der Waals surface area contributed by atoms with E-state index in [2.05, 4.69) is 15.8 Å². The molecule has 3 aromatic rings. The van der Waals surface area contributed by atoms with E-state index >= 15 is 0 Å². The maximum atomic E-state index is 12.2. The van der Waals surface area contributed by atoms with Gasteiger partial charge in [0.15, 0.2) is 0 Å². The predicted octanol–water partition coefficient (Wildman–Crippen LogP) is 4.62. The molecule has 0 aromatic heterocycles. The molecule has 0 unspecified atom stereocenters. The summed E-state index contributed by atoms with van der Waals surface area (Å²) < 4.78 is 0. The van der Waals surface area contributed by atoms with Crippen molar-refractivity contribution in [2.24, 2.45) is 5.10 Å². The zero-order chi connectivity index (χ0) is 23.3. The standard InChI is InChI=1S/C21H14Cl2N4O5/c22-15-5-1-12(2-6-15)20(29)25-17-7-3-13(4-8-17)21(30)26-24-11-14-9-16(23)10-18(19(14)28)27(31)32/h1-11,28H,(H,25,29)(H,26,30). The van der Waals surface area contributed by atoms with Gasteiger partial charge in [0.1, 0.15) is 0 Å². The molecule has 162 valence electrons. The number of halogens is 2. The van der Waals surface area contributed by atoms with E-state index in [0.29, 0.717) is 16.3 Å². The van der Waals surface area contributed by atoms with E-state index in [4.69, 9.17) is 23.2 Å². The number of amides is 2. The Kier molecular flexibility index (Phi) is 7.04. The number of nitrogens with zero attached hydrogens (tertiary/aromatic N) is 2. The summed E-state index contributed by atoms with van der Waals surface area (Å²) in [7, 11) is 0. The summed E-state index contributed by atoms with van der Waals surface area (Å²) in [5.74, 6) is -1.54. The van der Waals surface area contributed by atoms with Crippen molar-refractivity contribution >= 4 is 52.6 Å². The highest BCUT2D eigenvalue weighted by atomic mass is 35.5. The summed E-state index contributed by atoms with van der Waals surface area (Å²) in [4.78, 5) is 34.6. The number of aromatic hydroxyl groups is 1. The van der Waals surface area contributed by atoms with Gasteiger partial charge in [-0.05, 0) is 54.6 Å². The number of hydrogen-bond donors (Lipinski definition) is 3. The topological polar surface area (TPSA) is 134 Å². The van der Waals surface area contributed by atoms with Gasteiger partial charge in [-0.25, -0.2) is 5.43 Å². The Bertz CT molecular complexity index is 1210. The second-order valence-electron chi connectivity index (χ2n) is 6.36. The molecule has 0 saturated heterocycles. The van der Waals surface area contributed by atoms with Crippen molar-refractivity contribution < 1.29 is 19.6 Å². The fourth-order valence-electron chi connectivity index (χ4n) is 2.58. The molecular formula is C21H14Cl2N4O5. The number of rotatable bonds is 6. The van der Waals surface area contributed by atoms with Crippen LogP contribution in [0.25, 0.3) is 0 Å². The van der Waals surface area contributed by atoms with Crippen molar-refractivity contribution in [3.63, 3.8) is 0 Å². The van der Waals surface area contributed by atoms with Gasteiger partial charge in [-0.2, -0.15) is 5.10 Å². The summed E-state index contributed by atoms with van der Waals surface area (Å²) in [5.41, 5.74) is 2.76. The lowest BCUT2D eigenvalue weighted by Crippen LogP contribution is -2.18. The zero-order valence-electron chi connectivity index (χ0n) is 16.1. The molecule has 0 radical (unpaired) electrons. The number of carbonyl (C=O) groups is 2. The van der Waals surface area contributed by atoms with Crippen molar-refractivity contribution in [2.75, 3.05) is 5.32 Å². The summed E-state index contributed by atoms with van der Waals surface area (Å²) in [5, 5.41) is 27.8. The number of nitro groups is 1. The molecule has 0 bridgehead atoms. The normalized spacial score (nSPS) is 10.7. The second kappa shape index (κ2) is 9.90. The molecule has 32 heavy (non-hydrogen) atoms. The number of anilines is 1. The summed E-state index contributed by atoms with van der Waals surface area (Å²) >= 11 is 11.6. The van der Waals surface area contributed by atoms with E-state index in [-0.39, 0.29) is 22.1 Å². The minimum atomic E-state index is -0.787. The fraction of sp³-hybridized carbons (Fsp3) is 0. The Hall–Kier alpha value is -3.95. The number of nitrogens with one attached hydrogen (secondary N) is 2. The van der Waals surface area contributed by atoms with Crippen LogP contribution in [0.15, 0.2) is 65.8 Å². The molecule has 3 rings (SSSR count). The Morgan fingerprint density at radius 2 is 1.53 bits per heavy atom. The third-order valence-electron chi connectivity index (χ3n) is 4.16. The number of hydrazone groups is 1. The molecule has 3 aromatic carbocycles. The van der Waals surface area contributed by atoms with Crippen LogP contribution in [0.2, 0.25) is 10.0 Å². The Labute approximate surface area is 191 Å². The molecule has 0 atom stereocenters. The van der Waals surface area contributed by atoms with Crippen LogP contribution in [0.5, 0.6) is 5.75 Å². The average Bonchev–Trinajstić information content (AvgIpc) is 2.76. The van der Waals surface area contributed by atoms with Gasteiger partial charge in [0.05, 0.1) is 11.1 Å². The van der Waals surface area contributed by atoms with Crippen LogP contribution in [0, 0.1) is 10.1 Å². The van der Waals surface area contributed by atoms with Crippen LogP contribution in [0.3, 0.4) is 0 Å². The molecule has 2 amide bonds. The first-order chi connectivity index (χ1) is 15.2. The van der Waals surface area contributed by atoms with Crippen molar-refractivity contribution in [3.8, 4) is 5.75 Å². The van der Waals surface area contributed by atoms with Gasteiger partial charge in [-0.3, -0.25) is 19.7 Å². The highest BCUT2D eigenvalue weighted by molar-refractivity contribution is 6.31. The highest BCUT2D eigenvalue weighted by Gasteiger charge is 2.17. The molecule has 9 nitrogen and oxygen atoms in total. The van der Waals surface area contributed by atoms with Gasteiger partial charge >= 0.3 is 5.69 Å². The number of benzene rings is 3. The quantitative estimate of drug-likeness (QED) is 0.273. The molecule has 0 aliphatic rings. The van der Waals surface area contributed by atoms with Gasteiger partial charge in [0.2, 0.25) is 5.75 Å².